The largest absolute Gasteiger partial charge is 0.398 e. The van der Waals surface area contributed by atoms with Gasteiger partial charge in [-0.15, -0.1) is 0 Å². The molecule has 0 saturated heterocycles. The lowest BCUT2D eigenvalue weighted by molar-refractivity contribution is 1.45. The molecule has 2 heteroatoms. The van der Waals surface area contributed by atoms with E-state index in [1.807, 2.05) is 47.9 Å². The van der Waals surface area contributed by atoms with Crippen molar-refractivity contribution >= 4 is 17.4 Å². The Labute approximate surface area is 112 Å². The number of hydrogen-bond donors (Lipinski definition) is 1. The zero-order chi connectivity index (χ0) is 12.8. The molecule has 0 radical (unpaired) electrons. The van der Waals surface area contributed by atoms with Crippen LogP contribution < -0.4 is 5.73 Å². The number of rotatable bonds is 4. The smallest absolute Gasteiger partial charge is 0.0394 e. The molecule has 0 aromatic heterocycles. The average Bonchev–Trinajstić information content (AvgIpc) is 2.40. The van der Waals surface area contributed by atoms with E-state index in [1.54, 1.807) is 17.8 Å². The molecule has 2 aromatic carbocycles. The minimum atomic E-state index is 0.804. The normalized spacial score (nSPS) is 10.7. The highest BCUT2D eigenvalue weighted by Crippen LogP contribution is 2.34. The van der Waals surface area contributed by atoms with Gasteiger partial charge >= 0.3 is 0 Å². The Hall–Kier alpha value is -1.93. The average molecular weight is 253 g/mol. The molecule has 2 N–H and O–H groups in total. The molecule has 18 heavy (non-hydrogen) atoms. The molecule has 0 fully saturated rings. The van der Waals surface area contributed by atoms with E-state index >= 15 is 0 Å². The second-order valence-corrected chi connectivity index (χ2v) is 4.71. The molecule has 0 aliphatic carbocycles. The van der Waals surface area contributed by atoms with Crippen LogP contribution in [0.2, 0.25) is 0 Å². The van der Waals surface area contributed by atoms with Gasteiger partial charge in [-0.3, -0.25) is 0 Å². The molecule has 0 amide bonds. The van der Waals surface area contributed by atoms with Crippen LogP contribution in [0.3, 0.4) is 0 Å². The molecule has 0 aliphatic rings. The van der Waals surface area contributed by atoms with Gasteiger partial charge in [0.15, 0.2) is 0 Å². The van der Waals surface area contributed by atoms with Gasteiger partial charge in [-0.05, 0) is 23.1 Å². The zero-order valence-corrected chi connectivity index (χ0v) is 10.9. The second kappa shape index (κ2) is 6.12. The Morgan fingerprint density at radius 2 is 1.61 bits per heavy atom. The summed E-state index contributed by atoms with van der Waals surface area (Å²) >= 11 is 1.67. The monoisotopic (exact) mass is 253 g/mol. The zero-order valence-electron chi connectivity index (χ0n) is 10.0. The first-order chi connectivity index (χ1) is 8.83. The standard InChI is InChI=1S/C16H15NS/c1-2-3-12-18-16-11-7-5-9-14(16)13-8-4-6-10-15(13)17/h2-12H,1,17H2. The summed E-state index contributed by atoms with van der Waals surface area (Å²) in [5.74, 6) is 0. The Bertz CT molecular complexity index is 573. The quantitative estimate of drug-likeness (QED) is 0.484. The van der Waals surface area contributed by atoms with Crippen molar-refractivity contribution in [2.45, 2.75) is 4.90 Å². The van der Waals surface area contributed by atoms with Crippen LogP contribution in [0.1, 0.15) is 0 Å². The third-order valence-corrected chi connectivity index (χ3v) is 3.45. The number of thioether (sulfide) groups is 1. The topological polar surface area (TPSA) is 26.0 Å². The summed E-state index contributed by atoms with van der Waals surface area (Å²) in [6, 6.07) is 16.2. The molecule has 0 atom stereocenters. The number of nitrogen functional groups attached to an aromatic ring is 1. The Kier molecular flexibility index (Phi) is 4.26. The van der Waals surface area contributed by atoms with E-state index in [0.717, 1.165) is 16.8 Å². The van der Waals surface area contributed by atoms with E-state index < -0.39 is 0 Å². The van der Waals surface area contributed by atoms with Crippen LogP contribution in [-0.2, 0) is 0 Å². The number of benzene rings is 2. The van der Waals surface area contributed by atoms with Gasteiger partial charge in [0.25, 0.3) is 0 Å². The summed E-state index contributed by atoms with van der Waals surface area (Å²) < 4.78 is 0. The van der Waals surface area contributed by atoms with E-state index in [9.17, 15) is 0 Å². The van der Waals surface area contributed by atoms with Crippen LogP contribution >= 0.6 is 11.8 Å². The maximum Gasteiger partial charge on any atom is 0.0394 e. The SMILES string of the molecule is C=CC=CSc1ccccc1-c1ccccc1N. The van der Waals surface area contributed by atoms with Crippen LogP contribution in [0.4, 0.5) is 5.69 Å². The lowest BCUT2D eigenvalue weighted by Crippen LogP contribution is -1.90. The summed E-state index contributed by atoms with van der Waals surface area (Å²) in [6.45, 7) is 3.67. The van der Waals surface area contributed by atoms with E-state index in [1.165, 1.54) is 4.90 Å². The number of para-hydroxylation sites is 1. The van der Waals surface area contributed by atoms with Crippen LogP contribution in [-0.4, -0.2) is 0 Å². The van der Waals surface area contributed by atoms with Crippen LogP contribution in [0.15, 0.2) is 77.6 Å². The van der Waals surface area contributed by atoms with Gasteiger partial charge in [-0.1, -0.05) is 66.9 Å². The highest BCUT2D eigenvalue weighted by molar-refractivity contribution is 8.02. The molecule has 0 spiro atoms. The Morgan fingerprint density at radius 1 is 0.944 bits per heavy atom. The minimum absolute atomic E-state index is 0.804. The highest BCUT2D eigenvalue weighted by atomic mass is 32.2. The first-order valence-electron chi connectivity index (χ1n) is 5.71. The summed E-state index contributed by atoms with van der Waals surface area (Å²) in [4.78, 5) is 1.19. The van der Waals surface area contributed by atoms with Crippen molar-refractivity contribution in [1.82, 2.24) is 0 Å². The van der Waals surface area contributed by atoms with Gasteiger partial charge in [0, 0.05) is 16.1 Å². The van der Waals surface area contributed by atoms with Gasteiger partial charge in [0.2, 0.25) is 0 Å². The van der Waals surface area contributed by atoms with E-state index in [2.05, 4.69) is 18.7 Å². The van der Waals surface area contributed by atoms with Crippen LogP contribution in [0.5, 0.6) is 0 Å². The van der Waals surface area contributed by atoms with Gasteiger partial charge < -0.3 is 5.73 Å². The second-order valence-electron chi connectivity index (χ2n) is 3.77. The molecule has 0 saturated carbocycles. The van der Waals surface area contributed by atoms with Crippen molar-refractivity contribution in [3.8, 4) is 11.1 Å². The number of allylic oxidation sites excluding steroid dienone is 2. The van der Waals surface area contributed by atoms with Gasteiger partial charge in [-0.25, -0.2) is 0 Å². The van der Waals surface area contributed by atoms with Gasteiger partial charge in [0.05, 0.1) is 0 Å². The number of anilines is 1. The fourth-order valence-corrected chi connectivity index (χ4v) is 2.50. The minimum Gasteiger partial charge on any atom is -0.398 e. The third kappa shape index (κ3) is 2.84. The molecule has 2 aromatic rings. The molecular formula is C16H15NS. The van der Waals surface area contributed by atoms with Crippen LogP contribution in [0.25, 0.3) is 11.1 Å². The molecule has 0 unspecified atom stereocenters. The number of hydrogen-bond acceptors (Lipinski definition) is 2. The molecule has 0 aliphatic heterocycles. The van der Waals surface area contributed by atoms with Crippen molar-refractivity contribution in [2.24, 2.45) is 0 Å². The predicted octanol–water partition coefficient (Wildman–Crippen LogP) is 4.73. The van der Waals surface area contributed by atoms with Gasteiger partial charge in [0.1, 0.15) is 0 Å². The van der Waals surface area contributed by atoms with Gasteiger partial charge in [-0.2, -0.15) is 0 Å². The fourth-order valence-electron chi connectivity index (χ4n) is 1.70. The van der Waals surface area contributed by atoms with Crippen molar-refractivity contribution in [2.75, 3.05) is 5.73 Å². The van der Waals surface area contributed by atoms with E-state index in [4.69, 9.17) is 5.73 Å². The summed E-state index contributed by atoms with van der Waals surface area (Å²) in [5.41, 5.74) is 9.07. The van der Waals surface area contributed by atoms with E-state index in [0.29, 0.717) is 0 Å². The molecule has 0 heterocycles. The van der Waals surface area contributed by atoms with Crippen molar-refractivity contribution in [3.63, 3.8) is 0 Å². The molecule has 2 rings (SSSR count). The Morgan fingerprint density at radius 3 is 2.33 bits per heavy atom. The maximum absolute atomic E-state index is 6.03. The molecule has 1 nitrogen and oxygen atoms in total. The first kappa shape index (κ1) is 12.5. The number of nitrogens with two attached hydrogens (primary N) is 1. The lowest BCUT2D eigenvalue weighted by Gasteiger charge is -2.09. The summed E-state index contributed by atoms with van der Waals surface area (Å²) in [5, 5.41) is 2.02. The molecule has 90 valence electrons. The lowest BCUT2D eigenvalue weighted by atomic mass is 10.0. The highest BCUT2D eigenvalue weighted by Gasteiger charge is 2.06. The fraction of sp³-hybridized carbons (Fsp3) is 0. The first-order valence-corrected chi connectivity index (χ1v) is 6.59. The predicted molar refractivity (Wildman–Crippen MR) is 81.5 cm³/mol. The molecular weight excluding hydrogens is 238 g/mol. The van der Waals surface area contributed by atoms with Crippen molar-refractivity contribution in [1.29, 1.82) is 0 Å². The summed E-state index contributed by atoms with van der Waals surface area (Å²) in [7, 11) is 0. The van der Waals surface area contributed by atoms with Crippen molar-refractivity contribution < 1.29 is 0 Å². The van der Waals surface area contributed by atoms with E-state index in [-0.39, 0.29) is 0 Å². The molecule has 0 bridgehead atoms. The third-order valence-electron chi connectivity index (χ3n) is 2.55. The maximum atomic E-state index is 6.03. The van der Waals surface area contributed by atoms with Crippen molar-refractivity contribution in [3.05, 3.63) is 72.7 Å². The Balaban J connectivity index is 2.42. The van der Waals surface area contributed by atoms with Crippen LogP contribution in [0, 0.1) is 0 Å². The summed E-state index contributed by atoms with van der Waals surface area (Å²) in [6.07, 6.45) is 3.70.